The molecule has 2 heteroatoms. The van der Waals surface area contributed by atoms with Crippen LogP contribution < -0.4 is 0 Å². The summed E-state index contributed by atoms with van der Waals surface area (Å²) in [6, 6.07) is 0.315. The molecule has 0 bridgehead atoms. The Bertz CT molecular complexity index is 178. The molecular formula is C9H17NO. The highest BCUT2D eigenvalue weighted by molar-refractivity contribution is 5.75. The molecule has 1 rings (SSSR count). The first kappa shape index (κ1) is 8.57. The standard InChI is InChI=1S/C9H17NO/c1-6-8(9(3,4)5)11-7(2)10-6/h6,8H,1-5H3. The van der Waals surface area contributed by atoms with E-state index in [-0.39, 0.29) is 11.5 Å². The van der Waals surface area contributed by atoms with Crippen LogP contribution in [0, 0.1) is 5.41 Å². The normalized spacial score (nSPS) is 31.5. The third-order valence-electron chi connectivity index (χ3n) is 1.97. The molecule has 2 atom stereocenters. The van der Waals surface area contributed by atoms with Gasteiger partial charge in [0.1, 0.15) is 6.10 Å². The number of aliphatic imine (C=N–C) groups is 1. The van der Waals surface area contributed by atoms with Crippen LogP contribution in [0.25, 0.3) is 0 Å². The van der Waals surface area contributed by atoms with Crippen molar-refractivity contribution in [3.8, 4) is 0 Å². The minimum absolute atomic E-state index is 0.195. The van der Waals surface area contributed by atoms with Crippen molar-refractivity contribution in [1.82, 2.24) is 0 Å². The van der Waals surface area contributed by atoms with E-state index in [1.165, 1.54) is 0 Å². The highest BCUT2D eigenvalue weighted by Crippen LogP contribution is 2.29. The molecule has 0 saturated carbocycles. The third kappa shape index (κ3) is 1.73. The fourth-order valence-electron chi connectivity index (χ4n) is 1.57. The second kappa shape index (κ2) is 2.50. The summed E-state index contributed by atoms with van der Waals surface area (Å²) in [7, 11) is 0. The summed E-state index contributed by atoms with van der Waals surface area (Å²) in [6.07, 6.45) is 0.252. The molecule has 0 aromatic heterocycles. The second-order valence-corrected chi connectivity index (χ2v) is 4.29. The lowest BCUT2D eigenvalue weighted by Crippen LogP contribution is -2.34. The largest absolute Gasteiger partial charge is 0.475 e. The molecule has 0 aromatic rings. The van der Waals surface area contributed by atoms with Crippen molar-refractivity contribution in [2.45, 2.75) is 46.8 Å². The summed E-state index contributed by atoms with van der Waals surface area (Å²) in [5.41, 5.74) is 0.195. The van der Waals surface area contributed by atoms with Crippen LogP contribution in [0.5, 0.6) is 0 Å². The van der Waals surface area contributed by atoms with Crippen LogP contribution in [0.15, 0.2) is 4.99 Å². The zero-order valence-corrected chi connectivity index (χ0v) is 8.01. The maximum absolute atomic E-state index is 5.59. The van der Waals surface area contributed by atoms with Crippen LogP contribution in [0.1, 0.15) is 34.6 Å². The van der Waals surface area contributed by atoms with Gasteiger partial charge in [0.15, 0.2) is 5.90 Å². The van der Waals surface area contributed by atoms with Gasteiger partial charge in [-0.25, -0.2) is 4.99 Å². The summed E-state index contributed by atoms with van der Waals surface area (Å²) in [4.78, 5) is 4.33. The lowest BCUT2D eigenvalue weighted by atomic mass is 9.86. The predicted molar refractivity (Wildman–Crippen MR) is 46.9 cm³/mol. The molecular weight excluding hydrogens is 138 g/mol. The Morgan fingerprint density at radius 3 is 2.09 bits per heavy atom. The second-order valence-electron chi connectivity index (χ2n) is 4.29. The molecule has 1 aliphatic heterocycles. The molecule has 2 nitrogen and oxygen atoms in total. The van der Waals surface area contributed by atoms with Gasteiger partial charge in [0.2, 0.25) is 0 Å². The zero-order chi connectivity index (χ0) is 8.65. The lowest BCUT2D eigenvalue weighted by Gasteiger charge is -2.28. The van der Waals surface area contributed by atoms with Gasteiger partial charge in [0.25, 0.3) is 0 Å². The van der Waals surface area contributed by atoms with E-state index in [4.69, 9.17) is 4.74 Å². The van der Waals surface area contributed by atoms with Crippen LogP contribution in [-0.2, 0) is 4.74 Å². The summed E-state index contributed by atoms with van der Waals surface area (Å²) in [5, 5.41) is 0. The minimum Gasteiger partial charge on any atom is -0.475 e. The third-order valence-corrected chi connectivity index (χ3v) is 1.97. The molecule has 0 radical (unpaired) electrons. The maximum Gasteiger partial charge on any atom is 0.180 e. The SMILES string of the molecule is CC1=NC(C)C(C(C)(C)C)O1. The minimum atomic E-state index is 0.195. The predicted octanol–water partition coefficient (Wildman–Crippen LogP) is 2.24. The van der Waals surface area contributed by atoms with Crippen molar-refractivity contribution >= 4 is 5.90 Å². The summed E-state index contributed by atoms with van der Waals surface area (Å²) < 4.78 is 5.59. The molecule has 1 aliphatic rings. The van der Waals surface area contributed by atoms with Gasteiger partial charge < -0.3 is 4.74 Å². The molecule has 11 heavy (non-hydrogen) atoms. The van der Waals surface area contributed by atoms with E-state index in [0.717, 1.165) is 5.90 Å². The number of ether oxygens (including phenoxy) is 1. The van der Waals surface area contributed by atoms with E-state index < -0.39 is 0 Å². The Labute approximate surface area is 68.7 Å². The van der Waals surface area contributed by atoms with E-state index >= 15 is 0 Å². The first-order valence-corrected chi connectivity index (χ1v) is 4.12. The van der Waals surface area contributed by atoms with E-state index in [0.29, 0.717) is 6.04 Å². The monoisotopic (exact) mass is 155 g/mol. The van der Waals surface area contributed by atoms with Crippen LogP contribution >= 0.6 is 0 Å². The smallest absolute Gasteiger partial charge is 0.180 e. The summed E-state index contributed by atoms with van der Waals surface area (Å²) in [5.74, 6) is 0.831. The van der Waals surface area contributed by atoms with Crippen molar-refractivity contribution in [2.24, 2.45) is 10.4 Å². The van der Waals surface area contributed by atoms with E-state index in [1.54, 1.807) is 0 Å². The van der Waals surface area contributed by atoms with Gasteiger partial charge in [0, 0.05) is 12.3 Å². The molecule has 0 aromatic carbocycles. The Morgan fingerprint density at radius 1 is 1.36 bits per heavy atom. The lowest BCUT2D eigenvalue weighted by molar-refractivity contribution is 0.0801. The average molecular weight is 155 g/mol. The van der Waals surface area contributed by atoms with Crippen molar-refractivity contribution in [2.75, 3.05) is 0 Å². The number of hydrogen-bond donors (Lipinski definition) is 0. The van der Waals surface area contributed by atoms with Gasteiger partial charge in [-0.15, -0.1) is 0 Å². The van der Waals surface area contributed by atoms with E-state index in [1.807, 2.05) is 6.92 Å². The molecule has 0 amide bonds. The van der Waals surface area contributed by atoms with Gasteiger partial charge in [0.05, 0.1) is 6.04 Å². The molecule has 0 saturated heterocycles. The molecule has 0 fully saturated rings. The highest BCUT2D eigenvalue weighted by atomic mass is 16.5. The topological polar surface area (TPSA) is 21.6 Å². The fraction of sp³-hybridized carbons (Fsp3) is 0.889. The maximum atomic E-state index is 5.59. The van der Waals surface area contributed by atoms with Crippen LogP contribution in [0.2, 0.25) is 0 Å². The average Bonchev–Trinajstić information content (AvgIpc) is 2.08. The summed E-state index contributed by atoms with van der Waals surface area (Å²) in [6.45, 7) is 10.6. The number of rotatable bonds is 0. The van der Waals surface area contributed by atoms with Gasteiger partial charge in [-0.1, -0.05) is 20.8 Å². The first-order valence-electron chi connectivity index (χ1n) is 4.12. The molecule has 2 unspecified atom stereocenters. The molecule has 1 heterocycles. The van der Waals surface area contributed by atoms with Crippen molar-refractivity contribution in [3.63, 3.8) is 0 Å². The Morgan fingerprint density at radius 2 is 1.91 bits per heavy atom. The Hall–Kier alpha value is -0.530. The van der Waals surface area contributed by atoms with Crippen LogP contribution in [0.4, 0.5) is 0 Å². The molecule has 0 spiro atoms. The summed E-state index contributed by atoms with van der Waals surface area (Å²) >= 11 is 0. The van der Waals surface area contributed by atoms with E-state index in [2.05, 4.69) is 32.7 Å². The number of hydrogen-bond acceptors (Lipinski definition) is 2. The first-order chi connectivity index (χ1) is 4.91. The van der Waals surface area contributed by atoms with Crippen LogP contribution in [-0.4, -0.2) is 18.0 Å². The van der Waals surface area contributed by atoms with Crippen molar-refractivity contribution < 1.29 is 4.74 Å². The fourth-order valence-corrected chi connectivity index (χ4v) is 1.57. The quantitative estimate of drug-likeness (QED) is 0.525. The molecule has 0 N–H and O–H groups in total. The Kier molecular flexibility index (Phi) is 1.95. The van der Waals surface area contributed by atoms with Crippen molar-refractivity contribution in [3.05, 3.63) is 0 Å². The number of nitrogens with zero attached hydrogens (tertiary/aromatic N) is 1. The molecule has 64 valence electrons. The van der Waals surface area contributed by atoms with Crippen molar-refractivity contribution in [1.29, 1.82) is 0 Å². The molecule has 0 aliphatic carbocycles. The highest BCUT2D eigenvalue weighted by Gasteiger charge is 2.35. The van der Waals surface area contributed by atoms with Gasteiger partial charge in [-0.3, -0.25) is 0 Å². The van der Waals surface area contributed by atoms with Gasteiger partial charge in [-0.05, 0) is 6.92 Å². The van der Waals surface area contributed by atoms with Gasteiger partial charge in [-0.2, -0.15) is 0 Å². The van der Waals surface area contributed by atoms with Gasteiger partial charge >= 0.3 is 0 Å². The van der Waals surface area contributed by atoms with Crippen LogP contribution in [0.3, 0.4) is 0 Å². The Balaban J connectivity index is 2.67. The van der Waals surface area contributed by atoms with E-state index in [9.17, 15) is 0 Å². The zero-order valence-electron chi connectivity index (χ0n) is 8.01.